The maximum atomic E-state index is 11.7. The van der Waals surface area contributed by atoms with E-state index in [2.05, 4.69) is 4.72 Å². The Labute approximate surface area is 108 Å². The maximum Gasteiger partial charge on any atom is 0.345 e. The van der Waals surface area contributed by atoms with Crippen molar-refractivity contribution in [2.24, 2.45) is 0 Å². The number of aliphatic hydroxyl groups is 2. The van der Waals surface area contributed by atoms with Gasteiger partial charge in [-0.1, -0.05) is 0 Å². The normalized spacial score (nSPS) is 15.3. The van der Waals surface area contributed by atoms with Crippen LogP contribution in [0.1, 0.15) is 16.6 Å². The molecule has 0 spiro atoms. The van der Waals surface area contributed by atoms with Gasteiger partial charge >= 0.3 is 5.97 Å². The molecule has 0 saturated heterocycles. The summed E-state index contributed by atoms with van der Waals surface area (Å²) in [5.74, 6) is -1.20. The molecule has 0 bridgehead atoms. The lowest BCUT2D eigenvalue weighted by molar-refractivity contribution is 0.00681. The summed E-state index contributed by atoms with van der Waals surface area (Å²) in [6, 6.07) is 1.03. The van der Waals surface area contributed by atoms with Gasteiger partial charge in [-0.2, -0.15) is 0 Å². The number of carbonyl (C=O) groups is 1. The molecule has 9 heteroatoms. The fourth-order valence-corrected chi connectivity index (χ4v) is 3.23. The Balaban J connectivity index is 2.83. The third-order valence-corrected chi connectivity index (χ3v) is 4.53. The molecule has 0 aromatic carbocycles. The summed E-state index contributed by atoms with van der Waals surface area (Å²) in [5, 5.41) is 28.1. The van der Waals surface area contributed by atoms with Crippen molar-refractivity contribution in [3.8, 4) is 0 Å². The van der Waals surface area contributed by atoms with Gasteiger partial charge in [0.15, 0.2) is 0 Å². The second kappa shape index (κ2) is 5.33. The van der Waals surface area contributed by atoms with Crippen LogP contribution in [-0.2, 0) is 10.0 Å². The third-order valence-electron chi connectivity index (χ3n) is 2.08. The highest BCUT2D eigenvalue weighted by Crippen LogP contribution is 2.19. The summed E-state index contributed by atoms with van der Waals surface area (Å²) in [4.78, 5) is 10.4. The van der Waals surface area contributed by atoms with Gasteiger partial charge in [-0.05, 0) is 13.0 Å². The molecule has 1 atom stereocenters. The van der Waals surface area contributed by atoms with Crippen LogP contribution < -0.4 is 4.72 Å². The second-order valence-corrected chi connectivity index (χ2v) is 6.61. The lowest BCUT2D eigenvalue weighted by Gasteiger charge is -2.20. The Bertz CT molecular complexity index is 533. The average molecular weight is 295 g/mol. The van der Waals surface area contributed by atoms with Gasteiger partial charge in [0.2, 0.25) is 10.0 Å². The zero-order valence-corrected chi connectivity index (χ0v) is 11.1. The van der Waals surface area contributed by atoms with Gasteiger partial charge in [0.05, 0.1) is 17.1 Å². The smallest absolute Gasteiger partial charge is 0.345 e. The van der Waals surface area contributed by atoms with Gasteiger partial charge in [0, 0.05) is 11.9 Å². The molecule has 0 aliphatic heterocycles. The molecule has 4 N–H and O–H groups in total. The minimum Gasteiger partial charge on any atom is -0.477 e. The molecule has 1 aromatic heterocycles. The first kappa shape index (κ1) is 15.1. The molecule has 7 nitrogen and oxygen atoms in total. The van der Waals surface area contributed by atoms with Crippen LogP contribution in [0.2, 0.25) is 0 Å². The van der Waals surface area contributed by atoms with Crippen LogP contribution in [0, 0.1) is 0 Å². The van der Waals surface area contributed by atoms with Crippen LogP contribution in [-0.4, -0.2) is 48.5 Å². The minimum absolute atomic E-state index is 0.0932. The molecule has 0 amide bonds. The number of hydrogen-bond donors (Lipinski definition) is 4. The summed E-state index contributed by atoms with van der Waals surface area (Å²) in [5.41, 5.74) is -1.57. The average Bonchev–Trinajstić information content (AvgIpc) is 2.77. The highest BCUT2D eigenvalue weighted by molar-refractivity contribution is 7.89. The van der Waals surface area contributed by atoms with Crippen molar-refractivity contribution in [3.63, 3.8) is 0 Å². The van der Waals surface area contributed by atoms with Crippen LogP contribution >= 0.6 is 11.3 Å². The van der Waals surface area contributed by atoms with Crippen molar-refractivity contribution in [3.05, 3.63) is 16.3 Å². The van der Waals surface area contributed by atoms with E-state index in [1.165, 1.54) is 12.3 Å². The second-order valence-electron chi connectivity index (χ2n) is 3.93. The SMILES string of the molecule is CC(O)(CO)CNS(=O)(=O)c1csc(C(=O)O)c1. The summed E-state index contributed by atoms with van der Waals surface area (Å²) < 4.78 is 25.6. The van der Waals surface area contributed by atoms with Crippen LogP contribution in [0.15, 0.2) is 16.3 Å². The van der Waals surface area contributed by atoms with Gasteiger partial charge in [-0.15, -0.1) is 11.3 Å². The highest BCUT2D eigenvalue weighted by Gasteiger charge is 2.24. The van der Waals surface area contributed by atoms with E-state index in [0.717, 1.165) is 17.4 Å². The molecule has 1 aromatic rings. The van der Waals surface area contributed by atoms with E-state index in [-0.39, 0.29) is 16.3 Å². The number of carboxylic acid groups (broad SMARTS) is 1. The molecule has 0 aliphatic carbocycles. The molecule has 1 rings (SSSR count). The fourth-order valence-electron chi connectivity index (χ4n) is 0.962. The van der Waals surface area contributed by atoms with E-state index < -0.39 is 28.2 Å². The van der Waals surface area contributed by atoms with E-state index in [1.54, 1.807) is 0 Å². The van der Waals surface area contributed by atoms with Crippen molar-refractivity contribution >= 4 is 27.3 Å². The quantitative estimate of drug-likeness (QED) is 0.559. The first-order valence-corrected chi connectivity index (χ1v) is 7.19. The van der Waals surface area contributed by atoms with Crippen molar-refractivity contribution in [2.45, 2.75) is 17.4 Å². The molecule has 18 heavy (non-hydrogen) atoms. The predicted octanol–water partition coefficient (Wildman–Crippen LogP) is -0.532. The van der Waals surface area contributed by atoms with Gasteiger partial charge < -0.3 is 15.3 Å². The standard InChI is InChI=1S/C9H13NO6S2/c1-9(14,5-11)4-10-18(15,16)6-2-7(8(12)13)17-3-6/h2-3,10-11,14H,4-5H2,1H3,(H,12,13). The van der Waals surface area contributed by atoms with Crippen molar-refractivity contribution < 1.29 is 28.5 Å². The molecule has 0 saturated carbocycles. The molecule has 0 radical (unpaired) electrons. The Morgan fingerprint density at radius 3 is 2.61 bits per heavy atom. The van der Waals surface area contributed by atoms with E-state index in [0.29, 0.717) is 0 Å². The largest absolute Gasteiger partial charge is 0.477 e. The fraction of sp³-hybridized carbons (Fsp3) is 0.444. The van der Waals surface area contributed by atoms with Crippen molar-refractivity contribution in [2.75, 3.05) is 13.2 Å². The summed E-state index contributed by atoms with van der Waals surface area (Å²) in [6.45, 7) is 0.301. The molecular weight excluding hydrogens is 282 g/mol. The van der Waals surface area contributed by atoms with E-state index in [1.807, 2.05) is 0 Å². The number of nitrogens with one attached hydrogen (secondary N) is 1. The van der Waals surface area contributed by atoms with E-state index >= 15 is 0 Å². The molecule has 102 valence electrons. The third kappa shape index (κ3) is 3.75. The number of hydrogen-bond acceptors (Lipinski definition) is 6. The summed E-state index contributed by atoms with van der Waals surface area (Å²) >= 11 is 0.793. The van der Waals surface area contributed by atoms with Gasteiger partial charge in [-0.25, -0.2) is 17.9 Å². The molecular formula is C9H13NO6S2. The lowest BCUT2D eigenvalue weighted by atomic mass is 10.1. The van der Waals surface area contributed by atoms with Crippen molar-refractivity contribution in [1.29, 1.82) is 0 Å². The first-order chi connectivity index (χ1) is 8.18. The van der Waals surface area contributed by atoms with Crippen molar-refractivity contribution in [1.82, 2.24) is 4.72 Å². The van der Waals surface area contributed by atoms with Gasteiger partial charge in [0.25, 0.3) is 0 Å². The topological polar surface area (TPSA) is 124 Å². The van der Waals surface area contributed by atoms with Gasteiger partial charge in [0.1, 0.15) is 4.88 Å². The monoisotopic (exact) mass is 295 g/mol. The lowest BCUT2D eigenvalue weighted by Crippen LogP contribution is -2.43. The number of aliphatic hydroxyl groups excluding tert-OH is 1. The number of thiophene rings is 1. The molecule has 0 aliphatic rings. The van der Waals surface area contributed by atoms with Crippen LogP contribution in [0.4, 0.5) is 0 Å². The van der Waals surface area contributed by atoms with Gasteiger partial charge in [-0.3, -0.25) is 0 Å². The number of rotatable bonds is 6. The summed E-state index contributed by atoms with van der Waals surface area (Å²) in [7, 11) is -3.89. The van der Waals surface area contributed by atoms with Crippen LogP contribution in [0.5, 0.6) is 0 Å². The van der Waals surface area contributed by atoms with E-state index in [4.69, 9.17) is 10.2 Å². The zero-order chi connectivity index (χ0) is 14.0. The Hall–Kier alpha value is -1.00. The predicted molar refractivity (Wildman–Crippen MR) is 64.2 cm³/mol. The Morgan fingerprint density at radius 1 is 1.56 bits per heavy atom. The number of aromatic carboxylic acids is 1. The minimum atomic E-state index is -3.89. The Morgan fingerprint density at radius 2 is 2.17 bits per heavy atom. The highest BCUT2D eigenvalue weighted by atomic mass is 32.2. The van der Waals surface area contributed by atoms with Crippen LogP contribution in [0.3, 0.4) is 0 Å². The Kier molecular flexibility index (Phi) is 4.46. The molecule has 1 unspecified atom stereocenters. The summed E-state index contributed by atoms with van der Waals surface area (Å²) in [6.07, 6.45) is 0. The first-order valence-electron chi connectivity index (χ1n) is 4.83. The zero-order valence-electron chi connectivity index (χ0n) is 9.45. The molecule has 1 heterocycles. The van der Waals surface area contributed by atoms with E-state index in [9.17, 15) is 18.3 Å². The maximum absolute atomic E-state index is 11.7. The number of carboxylic acids is 1. The molecule has 0 fully saturated rings. The van der Waals surface area contributed by atoms with Crippen LogP contribution in [0.25, 0.3) is 0 Å². The number of sulfonamides is 1.